The molecule has 0 aliphatic heterocycles. The van der Waals surface area contributed by atoms with Gasteiger partial charge in [-0.3, -0.25) is 4.79 Å². The van der Waals surface area contributed by atoms with Crippen LogP contribution in [0.25, 0.3) is 6.08 Å². The average molecular weight is 312 g/mol. The van der Waals surface area contributed by atoms with Crippen LogP contribution in [0, 0.1) is 18.3 Å². The summed E-state index contributed by atoms with van der Waals surface area (Å²) in [5, 5.41) is 10.8. The number of aryl methyl sites for hydroxylation is 1. The SMILES string of the molecule is C=CC[C@@]12C(=CC(=O)C(=Cc3ccc(C)o3)[C@@H]1C)CCC[C@@H]2O. The molecule has 1 N–H and O–H groups in total. The molecular formula is C20H24O3. The van der Waals surface area contributed by atoms with E-state index in [1.165, 1.54) is 0 Å². The molecule has 1 aromatic heterocycles. The van der Waals surface area contributed by atoms with Crippen molar-refractivity contribution in [2.45, 2.75) is 45.6 Å². The number of rotatable bonds is 3. The van der Waals surface area contributed by atoms with Gasteiger partial charge in [-0.05, 0) is 62.8 Å². The molecule has 3 atom stereocenters. The zero-order chi connectivity index (χ0) is 16.6. The highest BCUT2D eigenvalue weighted by atomic mass is 16.3. The van der Waals surface area contributed by atoms with E-state index in [-0.39, 0.29) is 11.7 Å². The normalized spacial score (nSPS) is 32.6. The maximum absolute atomic E-state index is 12.6. The van der Waals surface area contributed by atoms with Crippen molar-refractivity contribution in [1.29, 1.82) is 0 Å². The Bertz CT molecular complexity index is 691. The van der Waals surface area contributed by atoms with E-state index in [4.69, 9.17) is 4.42 Å². The van der Waals surface area contributed by atoms with Gasteiger partial charge in [0.1, 0.15) is 11.5 Å². The summed E-state index contributed by atoms with van der Waals surface area (Å²) in [5.41, 5.74) is 1.40. The number of hydrogen-bond acceptors (Lipinski definition) is 3. The van der Waals surface area contributed by atoms with Crippen LogP contribution in [0.5, 0.6) is 0 Å². The van der Waals surface area contributed by atoms with Crippen LogP contribution in [0.2, 0.25) is 0 Å². The predicted octanol–water partition coefficient (Wildman–Crippen LogP) is 4.22. The van der Waals surface area contributed by atoms with E-state index < -0.39 is 11.5 Å². The monoisotopic (exact) mass is 312 g/mol. The Labute approximate surface area is 137 Å². The zero-order valence-corrected chi connectivity index (χ0v) is 13.8. The largest absolute Gasteiger partial charge is 0.462 e. The van der Waals surface area contributed by atoms with Crippen LogP contribution < -0.4 is 0 Å². The second-order valence-corrected chi connectivity index (χ2v) is 6.74. The van der Waals surface area contributed by atoms with E-state index in [1.807, 2.05) is 38.1 Å². The fraction of sp³-hybridized carbons (Fsp3) is 0.450. The predicted molar refractivity (Wildman–Crippen MR) is 90.8 cm³/mol. The molecule has 122 valence electrons. The lowest BCUT2D eigenvalue weighted by atomic mass is 9.55. The summed E-state index contributed by atoms with van der Waals surface area (Å²) in [5.74, 6) is 1.49. The van der Waals surface area contributed by atoms with Gasteiger partial charge < -0.3 is 9.52 Å². The number of carbonyl (C=O) groups excluding carboxylic acids is 1. The highest BCUT2D eigenvalue weighted by molar-refractivity contribution is 6.09. The molecule has 2 aliphatic carbocycles. The smallest absolute Gasteiger partial charge is 0.182 e. The lowest BCUT2D eigenvalue weighted by Crippen LogP contribution is -2.48. The maximum Gasteiger partial charge on any atom is 0.182 e. The van der Waals surface area contributed by atoms with Gasteiger partial charge in [0.05, 0.1) is 6.10 Å². The summed E-state index contributed by atoms with van der Waals surface area (Å²) in [6.45, 7) is 7.81. The van der Waals surface area contributed by atoms with Gasteiger partial charge in [-0.15, -0.1) is 6.58 Å². The Morgan fingerprint density at radius 2 is 2.26 bits per heavy atom. The van der Waals surface area contributed by atoms with Crippen molar-refractivity contribution in [3.8, 4) is 0 Å². The zero-order valence-electron chi connectivity index (χ0n) is 13.8. The molecule has 1 fully saturated rings. The van der Waals surface area contributed by atoms with E-state index in [0.29, 0.717) is 17.8 Å². The Morgan fingerprint density at radius 1 is 1.48 bits per heavy atom. The molecule has 0 aromatic carbocycles. The highest BCUT2D eigenvalue weighted by Gasteiger charge is 2.51. The van der Waals surface area contributed by atoms with E-state index in [9.17, 15) is 9.90 Å². The topological polar surface area (TPSA) is 50.4 Å². The van der Waals surface area contributed by atoms with Gasteiger partial charge >= 0.3 is 0 Å². The Kier molecular flexibility index (Phi) is 4.15. The molecule has 0 unspecified atom stereocenters. The van der Waals surface area contributed by atoms with Crippen LogP contribution in [0.4, 0.5) is 0 Å². The minimum absolute atomic E-state index is 0.0374. The van der Waals surface area contributed by atoms with Crippen LogP contribution in [-0.4, -0.2) is 17.0 Å². The summed E-state index contributed by atoms with van der Waals surface area (Å²) in [7, 11) is 0. The molecule has 3 nitrogen and oxygen atoms in total. The summed E-state index contributed by atoms with van der Waals surface area (Å²) in [6.07, 6.45) is 8.28. The first-order valence-electron chi connectivity index (χ1n) is 8.31. The molecule has 2 aliphatic rings. The molecule has 0 saturated heterocycles. The summed E-state index contributed by atoms with van der Waals surface area (Å²) in [6, 6.07) is 3.76. The number of aliphatic hydroxyl groups excluding tert-OH is 1. The number of furan rings is 1. The Morgan fingerprint density at radius 3 is 2.91 bits per heavy atom. The van der Waals surface area contributed by atoms with Crippen molar-refractivity contribution >= 4 is 11.9 Å². The Balaban J connectivity index is 2.10. The maximum atomic E-state index is 12.6. The number of ketones is 1. The third-order valence-electron chi connectivity index (χ3n) is 5.49. The number of hydrogen-bond donors (Lipinski definition) is 1. The lowest BCUT2D eigenvalue weighted by molar-refractivity contribution is -0.113. The summed E-state index contributed by atoms with van der Waals surface area (Å²) in [4.78, 5) is 12.6. The molecule has 23 heavy (non-hydrogen) atoms. The second-order valence-electron chi connectivity index (χ2n) is 6.74. The highest BCUT2D eigenvalue weighted by Crippen LogP contribution is 2.54. The van der Waals surface area contributed by atoms with E-state index in [2.05, 4.69) is 6.58 Å². The fourth-order valence-electron chi connectivity index (χ4n) is 4.26. The molecule has 1 heterocycles. The minimum atomic E-state index is -0.440. The second kappa shape index (κ2) is 5.97. The van der Waals surface area contributed by atoms with Gasteiger partial charge in [0, 0.05) is 11.0 Å². The first-order chi connectivity index (χ1) is 11.0. The van der Waals surface area contributed by atoms with Gasteiger partial charge in [-0.25, -0.2) is 0 Å². The van der Waals surface area contributed by atoms with E-state index in [1.54, 1.807) is 6.08 Å². The van der Waals surface area contributed by atoms with Crippen molar-refractivity contribution in [3.05, 3.63) is 53.5 Å². The average Bonchev–Trinajstić information content (AvgIpc) is 2.92. The minimum Gasteiger partial charge on any atom is -0.462 e. The van der Waals surface area contributed by atoms with E-state index in [0.717, 1.165) is 30.6 Å². The third kappa shape index (κ3) is 2.53. The summed E-state index contributed by atoms with van der Waals surface area (Å²) < 4.78 is 5.61. The van der Waals surface area contributed by atoms with Crippen LogP contribution in [0.15, 0.2) is 46.4 Å². The number of carbonyl (C=O) groups is 1. The van der Waals surface area contributed by atoms with Crippen molar-refractivity contribution in [1.82, 2.24) is 0 Å². The van der Waals surface area contributed by atoms with Crippen LogP contribution >= 0.6 is 0 Å². The van der Waals surface area contributed by atoms with Crippen molar-refractivity contribution in [3.63, 3.8) is 0 Å². The molecule has 3 heteroatoms. The van der Waals surface area contributed by atoms with Crippen LogP contribution in [0.3, 0.4) is 0 Å². The first kappa shape index (κ1) is 16.0. The number of fused-ring (bicyclic) bond motifs is 1. The molecule has 0 amide bonds. The van der Waals surface area contributed by atoms with Crippen molar-refractivity contribution in [2.75, 3.05) is 0 Å². The van der Waals surface area contributed by atoms with Crippen molar-refractivity contribution in [2.24, 2.45) is 11.3 Å². The van der Waals surface area contributed by atoms with Gasteiger partial charge in [0.25, 0.3) is 0 Å². The lowest BCUT2D eigenvalue weighted by Gasteiger charge is -2.50. The van der Waals surface area contributed by atoms with Gasteiger partial charge in [-0.1, -0.05) is 18.6 Å². The standard InChI is InChI=1S/C20H24O3/c1-4-10-20-14(3)17(12-16-9-8-13(2)23-16)18(21)11-15(20)6-5-7-19(20)22/h4,8-9,11-12,14,19,22H,1,5-7,10H2,2-3H3/t14-,19-,20-/m0/s1. The summed E-state index contributed by atoms with van der Waals surface area (Å²) >= 11 is 0. The molecule has 0 spiro atoms. The van der Waals surface area contributed by atoms with E-state index >= 15 is 0 Å². The van der Waals surface area contributed by atoms with Gasteiger partial charge in [0.15, 0.2) is 5.78 Å². The van der Waals surface area contributed by atoms with Gasteiger partial charge in [-0.2, -0.15) is 0 Å². The van der Waals surface area contributed by atoms with Crippen molar-refractivity contribution < 1.29 is 14.3 Å². The molecule has 0 radical (unpaired) electrons. The molecule has 1 saturated carbocycles. The third-order valence-corrected chi connectivity index (χ3v) is 5.49. The van der Waals surface area contributed by atoms with Crippen LogP contribution in [-0.2, 0) is 4.79 Å². The van der Waals surface area contributed by atoms with Gasteiger partial charge in [0.2, 0.25) is 0 Å². The molecular weight excluding hydrogens is 288 g/mol. The van der Waals surface area contributed by atoms with Crippen LogP contribution in [0.1, 0.15) is 44.1 Å². The Hall–Kier alpha value is -1.87. The molecule has 0 bridgehead atoms. The number of aliphatic hydroxyl groups is 1. The first-order valence-corrected chi connectivity index (χ1v) is 8.31. The molecule has 1 aromatic rings. The number of allylic oxidation sites excluding steroid dienone is 3. The fourth-order valence-corrected chi connectivity index (χ4v) is 4.26. The molecule has 3 rings (SSSR count). The quantitative estimate of drug-likeness (QED) is 0.671.